The van der Waals surface area contributed by atoms with Crippen molar-refractivity contribution in [2.24, 2.45) is 5.73 Å². The first-order chi connectivity index (χ1) is 8.97. The number of benzene rings is 1. The number of nitrogens with two attached hydrogens (primary N) is 1. The molecule has 4 heteroatoms. The molecule has 19 heavy (non-hydrogen) atoms. The van der Waals surface area contributed by atoms with Gasteiger partial charge in [0.25, 0.3) is 0 Å². The minimum atomic E-state index is 0.0752. The molecule has 0 aliphatic rings. The van der Waals surface area contributed by atoms with Gasteiger partial charge in [0.15, 0.2) is 0 Å². The number of ether oxygens (including phenoxy) is 1. The summed E-state index contributed by atoms with van der Waals surface area (Å²) in [6, 6.07) is 3.63. The van der Waals surface area contributed by atoms with Crippen LogP contribution in [0.2, 0.25) is 10.0 Å². The third kappa shape index (κ3) is 5.06. The molecule has 0 saturated heterocycles. The lowest BCUT2D eigenvalue weighted by Gasteiger charge is -2.16. The van der Waals surface area contributed by atoms with Crippen LogP contribution in [0.15, 0.2) is 24.3 Å². The lowest BCUT2D eigenvalue weighted by molar-refractivity contribution is 0.344. The van der Waals surface area contributed by atoms with Crippen molar-refractivity contribution >= 4 is 23.2 Å². The molecule has 1 unspecified atom stereocenters. The van der Waals surface area contributed by atoms with Crippen LogP contribution >= 0.6 is 23.2 Å². The average molecular weight is 302 g/mol. The van der Waals surface area contributed by atoms with Gasteiger partial charge in [0.05, 0.1) is 5.02 Å². The maximum atomic E-state index is 6.21. The molecule has 0 aliphatic carbocycles. The SMILES string of the molecule is C=C(CC)COc1c(Cl)cc(Cl)cc1CC(N)CC. The molecule has 0 fully saturated rings. The molecule has 0 radical (unpaired) electrons. The van der Waals surface area contributed by atoms with E-state index < -0.39 is 0 Å². The van der Waals surface area contributed by atoms with Gasteiger partial charge in [0.1, 0.15) is 12.4 Å². The van der Waals surface area contributed by atoms with E-state index in [2.05, 4.69) is 13.5 Å². The fourth-order valence-electron chi connectivity index (χ4n) is 1.63. The molecule has 2 nitrogen and oxygen atoms in total. The summed E-state index contributed by atoms with van der Waals surface area (Å²) in [4.78, 5) is 0. The second kappa shape index (κ2) is 7.78. The Labute approximate surface area is 125 Å². The van der Waals surface area contributed by atoms with Crippen LogP contribution in [-0.4, -0.2) is 12.6 Å². The minimum Gasteiger partial charge on any atom is -0.487 e. The fraction of sp³-hybridized carbons (Fsp3) is 0.467. The monoisotopic (exact) mass is 301 g/mol. The molecule has 0 heterocycles. The van der Waals surface area contributed by atoms with Gasteiger partial charge in [-0.3, -0.25) is 0 Å². The van der Waals surface area contributed by atoms with Crippen LogP contribution in [0, 0.1) is 0 Å². The normalized spacial score (nSPS) is 12.3. The van der Waals surface area contributed by atoms with Crippen LogP contribution in [0.4, 0.5) is 0 Å². The van der Waals surface area contributed by atoms with E-state index in [-0.39, 0.29) is 6.04 Å². The Hall–Kier alpha value is -0.700. The van der Waals surface area contributed by atoms with Crippen molar-refractivity contribution in [3.63, 3.8) is 0 Å². The third-order valence-electron chi connectivity index (χ3n) is 3.01. The van der Waals surface area contributed by atoms with Crippen LogP contribution in [0.25, 0.3) is 0 Å². The van der Waals surface area contributed by atoms with Crippen LogP contribution < -0.4 is 10.5 Å². The molecule has 0 spiro atoms. The lowest BCUT2D eigenvalue weighted by Crippen LogP contribution is -2.22. The quantitative estimate of drug-likeness (QED) is 0.746. The van der Waals surface area contributed by atoms with Gasteiger partial charge in [-0.15, -0.1) is 0 Å². The predicted molar refractivity (Wildman–Crippen MR) is 83.4 cm³/mol. The van der Waals surface area contributed by atoms with E-state index in [1.54, 1.807) is 6.07 Å². The summed E-state index contributed by atoms with van der Waals surface area (Å²) in [5.74, 6) is 0.671. The molecular formula is C15H21Cl2NO. The maximum Gasteiger partial charge on any atom is 0.141 e. The summed E-state index contributed by atoms with van der Waals surface area (Å²) < 4.78 is 5.78. The molecule has 1 rings (SSSR count). The third-order valence-corrected chi connectivity index (χ3v) is 3.51. The summed E-state index contributed by atoms with van der Waals surface area (Å²) in [6.45, 7) is 8.48. The van der Waals surface area contributed by atoms with Gasteiger partial charge < -0.3 is 10.5 Å². The summed E-state index contributed by atoms with van der Waals surface area (Å²) in [5, 5.41) is 1.12. The lowest BCUT2D eigenvalue weighted by atomic mass is 10.0. The van der Waals surface area contributed by atoms with Crippen molar-refractivity contribution < 1.29 is 4.74 Å². The van der Waals surface area contributed by atoms with E-state index in [0.29, 0.717) is 28.8 Å². The van der Waals surface area contributed by atoms with E-state index in [1.165, 1.54) is 0 Å². The molecule has 106 valence electrons. The van der Waals surface area contributed by atoms with Gasteiger partial charge in [-0.25, -0.2) is 0 Å². The molecule has 1 aromatic rings. The Morgan fingerprint density at radius 1 is 1.37 bits per heavy atom. The van der Waals surface area contributed by atoms with E-state index in [9.17, 15) is 0 Å². The fourth-order valence-corrected chi connectivity index (χ4v) is 2.22. The average Bonchev–Trinajstić information content (AvgIpc) is 2.36. The van der Waals surface area contributed by atoms with E-state index in [0.717, 1.165) is 24.0 Å². The number of rotatable bonds is 7. The zero-order valence-corrected chi connectivity index (χ0v) is 13.0. The molecule has 0 aromatic heterocycles. The van der Waals surface area contributed by atoms with Crippen molar-refractivity contribution in [1.82, 2.24) is 0 Å². The summed E-state index contributed by atoms with van der Waals surface area (Å²) >= 11 is 12.2. The van der Waals surface area contributed by atoms with Crippen molar-refractivity contribution in [2.45, 2.75) is 39.2 Å². The van der Waals surface area contributed by atoms with E-state index >= 15 is 0 Å². The molecule has 1 atom stereocenters. The topological polar surface area (TPSA) is 35.2 Å². The number of halogens is 2. The Morgan fingerprint density at radius 3 is 2.63 bits per heavy atom. The maximum absolute atomic E-state index is 6.21. The van der Waals surface area contributed by atoms with Crippen molar-refractivity contribution in [3.8, 4) is 5.75 Å². The highest BCUT2D eigenvalue weighted by molar-refractivity contribution is 6.35. The largest absolute Gasteiger partial charge is 0.487 e. The second-order valence-corrected chi connectivity index (χ2v) is 5.48. The smallest absolute Gasteiger partial charge is 0.141 e. The van der Waals surface area contributed by atoms with Gasteiger partial charge >= 0.3 is 0 Å². The molecule has 0 amide bonds. The molecule has 1 aromatic carbocycles. The first kappa shape index (κ1) is 16.4. The standard InChI is InChI=1S/C15H21Cl2NO/c1-4-10(3)9-19-15-11(7-13(18)5-2)6-12(16)8-14(15)17/h6,8,13H,3-5,7,9,18H2,1-2H3. The van der Waals surface area contributed by atoms with Crippen LogP contribution in [0.5, 0.6) is 5.75 Å². The van der Waals surface area contributed by atoms with Crippen molar-refractivity contribution in [2.75, 3.05) is 6.61 Å². The van der Waals surface area contributed by atoms with Crippen LogP contribution in [0.3, 0.4) is 0 Å². The molecular weight excluding hydrogens is 281 g/mol. The molecule has 0 saturated carbocycles. The Morgan fingerprint density at radius 2 is 2.05 bits per heavy atom. The second-order valence-electron chi connectivity index (χ2n) is 4.64. The highest BCUT2D eigenvalue weighted by Crippen LogP contribution is 2.33. The van der Waals surface area contributed by atoms with E-state index in [1.807, 2.05) is 13.0 Å². The minimum absolute atomic E-state index is 0.0752. The molecule has 0 bridgehead atoms. The van der Waals surface area contributed by atoms with Gasteiger partial charge in [0.2, 0.25) is 0 Å². The van der Waals surface area contributed by atoms with Crippen LogP contribution in [0.1, 0.15) is 32.3 Å². The first-order valence-electron chi connectivity index (χ1n) is 6.50. The Kier molecular flexibility index (Phi) is 6.70. The number of hydrogen-bond acceptors (Lipinski definition) is 2. The Balaban J connectivity index is 2.95. The van der Waals surface area contributed by atoms with Gasteiger partial charge in [-0.2, -0.15) is 0 Å². The van der Waals surface area contributed by atoms with Gasteiger partial charge in [-0.1, -0.05) is 43.6 Å². The highest BCUT2D eigenvalue weighted by atomic mass is 35.5. The number of hydrogen-bond donors (Lipinski definition) is 1. The highest BCUT2D eigenvalue weighted by Gasteiger charge is 2.13. The molecule has 2 N–H and O–H groups in total. The Bertz CT molecular complexity index is 446. The van der Waals surface area contributed by atoms with Crippen molar-refractivity contribution in [3.05, 3.63) is 39.9 Å². The summed E-state index contributed by atoms with van der Waals surface area (Å²) in [5.41, 5.74) is 7.98. The zero-order valence-electron chi connectivity index (χ0n) is 11.5. The zero-order chi connectivity index (χ0) is 14.4. The molecule has 0 aliphatic heterocycles. The van der Waals surface area contributed by atoms with Gasteiger partial charge in [0, 0.05) is 11.1 Å². The van der Waals surface area contributed by atoms with Gasteiger partial charge in [-0.05, 0) is 42.5 Å². The van der Waals surface area contributed by atoms with Crippen molar-refractivity contribution in [1.29, 1.82) is 0 Å². The summed E-state index contributed by atoms with van der Waals surface area (Å²) in [6.07, 6.45) is 2.48. The summed E-state index contributed by atoms with van der Waals surface area (Å²) in [7, 11) is 0. The van der Waals surface area contributed by atoms with E-state index in [4.69, 9.17) is 33.7 Å². The van der Waals surface area contributed by atoms with Crippen LogP contribution in [-0.2, 0) is 6.42 Å². The first-order valence-corrected chi connectivity index (χ1v) is 7.26. The predicted octanol–water partition coefficient (Wildman–Crippen LogP) is 4.62.